The number of anilines is 1. The number of fused-ring (bicyclic) bond motifs is 2. The Morgan fingerprint density at radius 3 is 2.61 bits per heavy atom. The van der Waals surface area contributed by atoms with Crippen LogP contribution in [0.3, 0.4) is 0 Å². The van der Waals surface area contributed by atoms with E-state index < -0.39 is 10.8 Å². The molecule has 0 unspecified atom stereocenters. The predicted octanol–water partition coefficient (Wildman–Crippen LogP) is 3.92. The van der Waals surface area contributed by atoms with E-state index in [1.807, 2.05) is 30.3 Å². The van der Waals surface area contributed by atoms with E-state index in [0.29, 0.717) is 39.7 Å². The molecule has 0 saturated carbocycles. The molecular weight excluding hydrogens is 436 g/mol. The Labute approximate surface area is 195 Å². The van der Waals surface area contributed by atoms with Crippen molar-refractivity contribution in [1.82, 2.24) is 5.32 Å². The summed E-state index contributed by atoms with van der Waals surface area (Å²) >= 11 is 0. The molecular formula is C26H24N2O4S. The summed E-state index contributed by atoms with van der Waals surface area (Å²) in [4.78, 5) is 29.1. The van der Waals surface area contributed by atoms with Crippen molar-refractivity contribution in [3.05, 3.63) is 89.5 Å². The highest BCUT2D eigenvalue weighted by Gasteiger charge is 2.31. The fourth-order valence-electron chi connectivity index (χ4n) is 4.24. The highest BCUT2D eigenvalue weighted by atomic mass is 32.2. The SMILES string of the molecule is O=C(NC[C@@H]1CCCO1)c1ccc2c(c1)N(Cc1ccccc1)C(=O)c1ccccc1[S@]2=O. The van der Waals surface area contributed by atoms with Crippen molar-refractivity contribution >= 4 is 28.3 Å². The molecule has 0 spiro atoms. The van der Waals surface area contributed by atoms with Gasteiger partial charge in [-0.2, -0.15) is 0 Å². The van der Waals surface area contributed by atoms with Crippen LogP contribution in [0.5, 0.6) is 0 Å². The van der Waals surface area contributed by atoms with E-state index in [2.05, 4.69) is 5.32 Å². The lowest BCUT2D eigenvalue weighted by Crippen LogP contribution is -2.33. The molecule has 1 fully saturated rings. The highest BCUT2D eigenvalue weighted by molar-refractivity contribution is 7.85. The maximum absolute atomic E-state index is 13.6. The number of ether oxygens (including phenoxy) is 1. The van der Waals surface area contributed by atoms with E-state index in [9.17, 15) is 13.8 Å². The second kappa shape index (κ2) is 9.29. The van der Waals surface area contributed by atoms with Crippen LogP contribution in [-0.2, 0) is 22.1 Å². The molecule has 0 aliphatic carbocycles. The van der Waals surface area contributed by atoms with Crippen molar-refractivity contribution in [2.24, 2.45) is 0 Å². The fourth-order valence-corrected chi connectivity index (χ4v) is 5.59. The van der Waals surface area contributed by atoms with Crippen molar-refractivity contribution in [3.8, 4) is 0 Å². The highest BCUT2D eigenvalue weighted by Crippen LogP contribution is 2.36. The predicted molar refractivity (Wildman–Crippen MR) is 126 cm³/mol. The molecule has 2 aliphatic heterocycles. The van der Waals surface area contributed by atoms with E-state index in [0.717, 1.165) is 25.0 Å². The van der Waals surface area contributed by atoms with Gasteiger partial charge in [-0.25, -0.2) is 4.21 Å². The van der Waals surface area contributed by atoms with Gasteiger partial charge >= 0.3 is 0 Å². The first-order valence-electron chi connectivity index (χ1n) is 11.0. The summed E-state index contributed by atoms with van der Waals surface area (Å²) in [6, 6.07) is 21.7. The molecule has 33 heavy (non-hydrogen) atoms. The largest absolute Gasteiger partial charge is 0.376 e. The minimum atomic E-state index is -1.55. The summed E-state index contributed by atoms with van der Waals surface area (Å²) in [5.74, 6) is -0.480. The maximum atomic E-state index is 13.6. The lowest BCUT2D eigenvalue weighted by Gasteiger charge is -2.23. The molecule has 2 aliphatic rings. The van der Waals surface area contributed by atoms with Crippen LogP contribution < -0.4 is 10.2 Å². The Balaban J connectivity index is 1.53. The van der Waals surface area contributed by atoms with E-state index in [4.69, 9.17) is 4.74 Å². The Morgan fingerprint density at radius 1 is 1.03 bits per heavy atom. The van der Waals surface area contributed by atoms with Crippen LogP contribution in [0.1, 0.15) is 39.1 Å². The van der Waals surface area contributed by atoms with Gasteiger partial charge in [0.1, 0.15) is 0 Å². The summed E-state index contributed by atoms with van der Waals surface area (Å²) in [5.41, 5.74) is 2.26. The quantitative estimate of drug-likeness (QED) is 0.626. The van der Waals surface area contributed by atoms with Gasteiger partial charge in [-0.05, 0) is 48.7 Å². The van der Waals surface area contributed by atoms with Gasteiger partial charge < -0.3 is 15.0 Å². The zero-order valence-electron chi connectivity index (χ0n) is 18.0. The minimum Gasteiger partial charge on any atom is -0.376 e. The molecule has 2 amide bonds. The molecule has 2 heterocycles. The Bertz CT molecular complexity index is 1220. The second-order valence-corrected chi connectivity index (χ2v) is 9.59. The Hall–Kier alpha value is -3.29. The average Bonchev–Trinajstić information content (AvgIpc) is 3.36. The van der Waals surface area contributed by atoms with Crippen molar-refractivity contribution in [1.29, 1.82) is 0 Å². The number of benzene rings is 3. The lowest BCUT2D eigenvalue weighted by molar-refractivity contribution is 0.0857. The number of carbonyl (C=O) groups excluding carboxylic acids is 2. The van der Waals surface area contributed by atoms with Crippen LogP contribution >= 0.6 is 0 Å². The average molecular weight is 461 g/mol. The molecule has 3 aromatic carbocycles. The molecule has 168 valence electrons. The number of nitrogens with one attached hydrogen (secondary N) is 1. The first-order chi connectivity index (χ1) is 16.1. The molecule has 6 nitrogen and oxygen atoms in total. The zero-order chi connectivity index (χ0) is 22.8. The van der Waals surface area contributed by atoms with Gasteiger partial charge in [-0.15, -0.1) is 0 Å². The topological polar surface area (TPSA) is 75.7 Å². The summed E-state index contributed by atoms with van der Waals surface area (Å²) in [7, 11) is -1.55. The number of amides is 2. The molecule has 0 aromatic heterocycles. The molecule has 2 atom stereocenters. The van der Waals surface area contributed by atoms with Crippen molar-refractivity contribution in [3.63, 3.8) is 0 Å². The monoisotopic (exact) mass is 460 g/mol. The van der Waals surface area contributed by atoms with Crippen LogP contribution in [0.4, 0.5) is 5.69 Å². The van der Waals surface area contributed by atoms with Crippen LogP contribution in [0.15, 0.2) is 82.6 Å². The lowest BCUT2D eigenvalue weighted by atomic mass is 10.1. The molecule has 1 N–H and O–H groups in total. The van der Waals surface area contributed by atoms with Gasteiger partial charge in [0.25, 0.3) is 11.8 Å². The summed E-state index contributed by atoms with van der Waals surface area (Å²) in [6.45, 7) is 1.47. The Morgan fingerprint density at radius 2 is 1.82 bits per heavy atom. The number of carbonyl (C=O) groups is 2. The third-order valence-corrected chi connectivity index (χ3v) is 7.47. The number of rotatable bonds is 5. The molecule has 1 saturated heterocycles. The molecule has 5 rings (SSSR count). The molecule has 7 heteroatoms. The maximum Gasteiger partial charge on any atom is 0.259 e. The van der Waals surface area contributed by atoms with Crippen molar-refractivity contribution in [2.45, 2.75) is 35.3 Å². The number of hydrogen-bond donors (Lipinski definition) is 1. The van der Waals surface area contributed by atoms with Crippen LogP contribution in [0.2, 0.25) is 0 Å². The molecule has 0 bridgehead atoms. The van der Waals surface area contributed by atoms with Gasteiger partial charge in [-0.3, -0.25) is 9.59 Å². The van der Waals surface area contributed by atoms with E-state index in [1.165, 1.54) is 0 Å². The first-order valence-corrected chi connectivity index (χ1v) is 12.2. The van der Waals surface area contributed by atoms with Crippen LogP contribution in [0, 0.1) is 0 Å². The van der Waals surface area contributed by atoms with Crippen molar-refractivity contribution < 1.29 is 18.5 Å². The summed E-state index contributed by atoms with van der Waals surface area (Å²) in [5, 5.41) is 2.92. The number of nitrogens with zero attached hydrogens (tertiary/aromatic N) is 1. The smallest absolute Gasteiger partial charge is 0.259 e. The standard InChI is InChI=1S/C26H24N2O4S/c29-25(27-16-20-9-6-14-32-20)19-12-13-24-22(15-19)28(17-18-7-2-1-3-8-18)26(30)21-10-4-5-11-23(21)33(24)31/h1-5,7-8,10-13,15,20H,6,9,14,16-17H2,(H,27,29)/t20-,33+/m0/s1. The van der Waals surface area contributed by atoms with Gasteiger partial charge in [0.05, 0.1) is 44.5 Å². The third kappa shape index (κ3) is 4.34. The van der Waals surface area contributed by atoms with E-state index in [1.54, 1.807) is 47.4 Å². The van der Waals surface area contributed by atoms with Crippen LogP contribution in [0.25, 0.3) is 0 Å². The van der Waals surface area contributed by atoms with Crippen LogP contribution in [-0.4, -0.2) is 35.3 Å². The van der Waals surface area contributed by atoms with Crippen molar-refractivity contribution in [2.75, 3.05) is 18.1 Å². The minimum absolute atomic E-state index is 0.0351. The molecule has 3 aromatic rings. The fraction of sp³-hybridized carbons (Fsp3) is 0.231. The second-order valence-electron chi connectivity index (χ2n) is 8.17. The van der Waals surface area contributed by atoms with Gasteiger partial charge in [0.2, 0.25) is 0 Å². The Kier molecular flexibility index (Phi) is 6.07. The third-order valence-electron chi connectivity index (χ3n) is 5.97. The van der Waals surface area contributed by atoms with E-state index in [-0.39, 0.29) is 17.9 Å². The zero-order valence-corrected chi connectivity index (χ0v) is 18.8. The summed E-state index contributed by atoms with van der Waals surface area (Å²) in [6.07, 6.45) is 1.97. The molecule has 0 radical (unpaired) electrons. The van der Waals surface area contributed by atoms with Gasteiger partial charge in [0.15, 0.2) is 0 Å². The number of hydrogen-bond acceptors (Lipinski definition) is 4. The summed E-state index contributed by atoms with van der Waals surface area (Å²) < 4.78 is 19.1. The van der Waals surface area contributed by atoms with Gasteiger partial charge in [-0.1, -0.05) is 42.5 Å². The normalized spacial score (nSPS) is 19.5. The first kappa shape index (κ1) is 21.6. The van der Waals surface area contributed by atoms with E-state index >= 15 is 0 Å². The van der Waals surface area contributed by atoms with Gasteiger partial charge in [0, 0.05) is 18.7 Å².